The first-order chi connectivity index (χ1) is 10.2. The SMILES string of the molecule is COc1cccc(S(=O)(=O)c2cc(C(F)(F)F)ccc2N)c1. The fraction of sp³-hybridized carbons (Fsp3) is 0.143. The van der Waals surface area contributed by atoms with Crippen molar-refractivity contribution in [2.45, 2.75) is 16.0 Å². The lowest BCUT2D eigenvalue weighted by Gasteiger charge is -2.12. The first-order valence-electron chi connectivity index (χ1n) is 6.02. The van der Waals surface area contributed by atoms with Crippen LogP contribution in [0, 0.1) is 0 Å². The third kappa shape index (κ3) is 3.01. The highest BCUT2D eigenvalue weighted by molar-refractivity contribution is 7.91. The Labute approximate surface area is 125 Å². The van der Waals surface area contributed by atoms with Crippen molar-refractivity contribution < 1.29 is 26.3 Å². The number of rotatable bonds is 3. The van der Waals surface area contributed by atoms with Gasteiger partial charge in [-0.15, -0.1) is 0 Å². The molecule has 0 unspecified atom stereocenters. The average Bonchev–Trinajstić information content (AvgIpc) is 2.46. The zero-order valence-corrected chi connectivity index (χ0v) is 12.2. The summed E-state index contributed by atoms with van der Waals surface area (Å²) in [5, 5.41) is 0. The van der Waals surface area contributed by atoms with Crippen LogP contribution < -0.4 is 10.5 Å². The molecule has 0 aliphatic carbocycles. The van der Waals surface area contributed by atoms with Crippen molar-refractivity contribution in [3.05, 3.63) is 48.0 Å². The average molecular weight is 331 g/mol. The monoisotopic (exact) mass is 331 g/mol. The molecule has 0 radical (unpaired) electrons. The van der Waals surface area contributed by atoms with Crippen LogP contribution in [0.5, 0.6) is 5.75 Å². The van der Waals surface area contributed by atoms with Crippen molar-refractivity contribution >= 4 is 15.5 Å². The number of nitrogens with two attached hydrogens (primary N) is 1. The van der Waals surface area contributed by atoms with Crippen LogP contribution in [-0.4, -0.2) is 15.5 Å². The molecular weight excluding hydrogens is 319 g/mol. The molecule has 0 amide bonds. The molecule has 2 N–H and O–H groups in total. The summed E-state index contributed by atoms with van der Waals surface area (Å²) in [5.74, 6) is 0.270. The Morgan fingerprint density at radius 1 is 1.09 bits per heavy atom. The third-order valence-electron chi connectivity index (χ3n) is 2.98. The summed E-state index contributed by atoms with van der Waals surface area (Å²) >= 11 is 0. The van der Waals surface area contributed by atoms with Crippen molar-refractivity contribution in [2.24, 2.45) is 0 Å². The van der Waals surface area contributed by atoms with Gasteiger partial charge in [-0.3, -0.25) is 0 Å². The van der Waals surface area contributed by atoms with Gasteiger partial charge < -0.3 is 10.5 Å². The molecule has 0 heterocycles. The molecule has 0 aliphatic rings. The topological polar surface area (TPSA) is 69.4 Å². The lowest BCUT2D eigenvalue weighted by molar-refractivity contribution is -0.137. The summed E-state index contributed by atoms with van der Waals surface area (Å²) in [4.78, 5) is -0.784. The molecule has 0 aromatic heterocycles. The second kappa shape index (κ2) is 5.53. The van der Waals surface area contributed by atoms with Crippen LogP contribution >= 0.6 is 0 Å². The van der Waals surface area contributed by atoms with Crippen molar-refractivity contribution in [3.8, 4) is 5.75 Å². The zero-order chi connectivity index (χ0) is 16.5. The number of alkyl halides is 3. The molecule has 2 aromatic carbocycles. The van der Waals surface area contributed by atoms with E-state index in [4.69, 9.17) is 10.5 Å². The van der Waals surface area contributed by atoms with Gasteiger partial charge in [0.05, 0.1) is 28.2 Å². The quantitative estimate of drug-likeness (QED) is 0.877. The van der Waals surface area contributed by atoms with Gasteiger partial charge in [0.25, 0.3) is 0 Å². The number of benzene rings is 2. The molecule has 0 saturated heterocycles. The highest BCUT2D eigenvalue weighted by Gasteiger charge is 2.33. The summed E-state index contributed by atoms with van der Waals surface area (Å²) in [6, 6.07) is 7.62. The minimum Gasteiger partial charge on any atom is -0.497 e. The highest BCUT2D eigenvalue weighted by Crippen LogP contribution is 2.35. The summed E-state index contributed by atoms with van der Waals surface area (Å²) in [6.45, 7) is 0. The maximum atomic E-state index is 12.8. The Kier molecular flexibility index (Phi) is 4.06. The van der Waals surface area contributed by atoms with Crippen LogP contribution in [0.15, 0.2) is 52.3 Å². The molecule has 0 aliphatic heterocycles. The van der Waals surface area contributed by atoms with E-state index in [1.54, 1.807) is 0 Å². The minimum absolute atomic E-state index is 0.196. The molecule has 0 saturated carbocycles. The Morgan fingerprint density at radius 2 is 1.77 bits per heavy atom. The van der Waals surface area contributed by atoms with Crippen molar-refractivity contribution in [3.63, 3.8) is 0 Å². The smallest absolute Gasteiger partial charge is 0.416 e. The first-order valence-corrected chi connectivity index (χ1v) is 7.50. The summed E-state index contributed by atoms with van der Waals surface area (Å²) in [7, 11) is -2.84. The number of methoxy groups -OCH3 is 1. The molecule has 118 valence electrons. The molecule has 2 rings (SSSR count). The second-order valence-corrected chi connectivity index (χ2v) is 6.35. The van der Waals surface area contributed by atoms with E-state index in [-0.39, 0.29) is 16.3 Å². The summed E-state index contributed by atoms with van der Waals surface area (Å²) < 4.78 is 68.2. The van der Waals surface area contributed by atoms with E-state index in [2.05, 4.69) is 0 Å². The fourth-order valence-electron chi connectivity index (χ4n) is 1.84. The van der Waals surface area contributed by atoms with Gasteiger partial charge >= 0.3 is 6.18 Å². The number of sulfone groups is 1. The van der Waals surface area contributed by atoms with Gasteiger partial charge in [-0.2, -0.15) is 13.2 Å². The fourth-order valence-corrected chi connectivity index (χ4v) is 3.28. The maximum absolute atomic E-state index is 12.8. The molecule has 0 bridgehead atoms. The largest absolute Gasteiger partial charge is 0.497 e. The molecular formula is C14H12F3NO3S. The molecule has 0 fully saturated rings. The molecule has 22 heavy (non-hydrogen) atoms. The van der Waals surface area contributed by atoms with Crippen LogP contribution in [-0.2, 0) is 16.0 Å². The van der Waals surface area contributed by atoms with Crippen LogP contribution in [0.2, 0.25) is 0 Å². The van der Waals surface area contributed by atoms with E-state index in [1.165, 1.54) is 31.4 Å². The van der Waals surface area contributed by atoms with E-state index in [0.29, 0.717) is 6.07 Å². The Balaban J connectivity index is 2.63. The van der Waals surface area contributed by atoms with Crippen LogP contribution in [0.3, 0.4) is 0 Å². The number of anilines is 1. The maximum Gasteiger partial charge on any atom is 0.416 e. The Morgan fingerprint density at radius 3 is 2.36 bits per heavy atom. The number of nitrogen functional groups attached to an aromatic ring is 1. The van der Waals surface area contributed by atoms with E-state index >= 15 is 0 Å². The van der Waals surface area contributed by atoms with Crippen molar-refractivity contribution in [1.29, 1.82) is 0 Å². The summed E-state index contributed by atoms with van der Waals surface area (Å²) in [6.07, 6.45) is -4.66. The van der Waals surface area contributed by atoms with Crippen molar-refractivity contribution in [1.82, 2.24) is 0 Å². The van der Waals surface area contributed by atoms with Gasteiger partial charge in [-0.25, -0.2) is 8.42 Å². The van der Waals surface area contributed by atoms with E-state index in [9.17, 15) is 21.6 Å². The predicted octanol–water partition coefficient (Wildman–Crippen LogP) is 3.13. The van der Waals surface area contributed by atoms with E-state index < -0.39 is 26.5 Å². The highest BCUT2D eigenvalue weighted by atomic mass is 32.2. The van der Waals surface area contributed by atoms with Crippen LogP contribution in [0.25, 0.3) is 0 Å². The van der Waals surface area contributed by atoms with Gasteiger partial charge in [0.2, 0.25) is 9.84 Å². The number of ether oxygens (including phenoxy) is 1. The minimum atomic E-state index is -4.66. The normalized spacial score (nSPS) is 12.2. The van der Waals surface area contributed by atoms with Gasteiger partial charge in [0.1, 0.15) is 5.75 Å². The molecule has 4 nitrogen and oxygen atoms in total. The van der Waals surface area contributed by atoms with Crippen LogP contribution in [0.4, 0.5) is 18.9 Å². The van der Waals surface area contributed by atoms with Gasteiger partial charge in [0, 0.05) is 0 Å². The van der Waals surface area contributed by atoms with Gasteiger partial charge in [-0.1, -0.05) is 6.07 Å². The molecule has 8 heteroatoms. The van der Waals surface area contributed by atoms with Gasteiger partial charge in [-0.05, 0) is 36.4 Å². The lowest BCUT2D eigenvalue weighted by Crippen LogP contribution is -2.10. The standard InChI is InChI=1S/C14H12F3NO3S/c1-21-10-3-2-4-11(8-10)22(19,20)13-7-9(14(15,16)17)5-6-12(13)18/h2-8H,18H2,1H3. The predicted molar refractivity (Wildman–Crippen MR) is 74.3 cm³/mol. The number of hydrogen-bond acceptors (Lipinski definition) is 4. The zero-order valence-electron chi connectivity index (χ0n) is 11.4. The molecule has 0 atom stereocenters. The van der Waals surface area contributed by atoms with E-state index in [0.717, 1.165) is 12.1 Å². The lowest BCUT2D eigenvalue weighted by atomic mass is 10.2. The Hall–Kier alpha value is -2.22. The first kappa shape index (κ1) is 16.2. The third-order valence-corrected chi connectivity index (χ3v) is 4.79. The molecule has 0 spiro atoms. The van der Waals surface area contributed by atoms with Gasteiger partial charge in [0.15, 0.2) is 0 Å². The molecule has 2 aromatic rings. The number of hydrogen-bond donors (Lipinski definition) is 1. The second-order valence-electron chi connectivity index (χ2n) is 4.43. The van der Waals surface area contributed by atoms with E-state index in [1.807, 2.05) is 0 Å². The summed E-state index contributed by atoms with van der Waals surface area (Å²) in [5.41, 5.74) is 4.21. The van der Waals surface area contributed by atoms with Crippen LogP contribution in [0.1, 0.15) is 5.56 Å². The Bertz CT molecular complexity index is 801. The number of halogens is 3. The van der Waals surface area contributed by atoms with Crippen molar-refractivity contribution in [2.75, 3.05) is 12.8 Å².